The van der Waals surface area contributed by atoms with Crippen molar-refractivity contribution in [3.63, 3.8) is 0 Å². The Morgan fingerprint density at radius 3 is 1.26 bits per heavy atom. The van der Waals surface area contributed by atoms with Gasteiger partial charge >= 0.3 is 11.9 Å². The standard InChI is InChI=1S/C52H101N3O7/c1-6-10-14-18-20-28-36-46(34-26-16-12-8-3)51(59)53-40-32-24-22-30-38-49(57)61-45-48(44-55(5)42-43-56)62-50(58)39-31-23-25-33-41-54-52(60)47(35-27-17-13-9-4)37-29-21-19-15-11-7-2/h46-48,56H,6-45H2,1-5H3,(H,53,59)(H,54,60). The number of hydrogen-bond acceptors (Lipinski definition) is 8. The first-order valence-electron chi connectivity index (χ1n) is 26.4. The molecule has 0 aliphatic heterocycles. The number of carbonyl (C=O) groups is 4. The summed E-state index contributed by atoms with van der Waals surface area (Å²) in [5.41, 5.74) is 0. The van der Waals surface area contributed by atoms with Crippen molar-refractivity contribution in [2.75, 3.05) is 46.4 Å². The number of carbonyl (C=O) groups excluding carboxylic acids is 4. The molecule has 10 nitrogen and oxygen atoms in total. The Balaban J connectivity index is 4.48. The van der Waals surface area contributed by atoms with Crippen LogP contribution in [0.3, 0.4) is 0 Å². The molecular formula is C52H101N3O7. The van der Waals surface area contributed by atoms with Crippen LogP contribution >= 0.6 is 0 Å². The molecule has 0 spiro atoms. The van der Waals surface area contributed by atoms with Crippen molar-refractivity contribution in [3.05, 3.63) is 0 Å². The summed E-state index contributed by atoms with van der Waals surface area (Å²) in [6.07, 6.45) is 35.2. The molecule has 3 atom stereocenters. The fraction of sp³-hybridized carbons (Fsp3) is 0.923. The molecule has 62 heavy (non-hydrogen) atoms. The molecule has 0 rings (SSSR count). The molecule has 3 N–H and O–H groups in total. The molecule has 0 aliphatic rings. The Bertz CT molecular complexity index is 1040. The van der Waals surface area contributed by atoms with Crippen molar-refractivity contribution in [1.29, 1.82) is 0 Å². The summed E-state index contributed by atoms with van der Waals surface area (Å²) >= 11 is 0. The van der Waals surface area contributed by atoms with Crippen molar-refractivity contribution >= 4 is 23.8 Å². The van der Waals surface area contributed by atoms with Gasteiger partial charge in [0.05, 0.1) is 6.61 Å². The van der Waals surface area contributed by atoms with Crippen molar-refractivity contribution < 1.29 is 33.8 Å². The first-order valence-corrected chi connectivity index (χ1v) is 26.4. The molecule has 0 saturated carbocycles. The minimum absolute atomic E-state index is 0.0110. The SMILES string of the molecule is CCCCCCCCC(CCCCCC)C(=O)NCCCCCCC(=O)OCC(CN(C)CCO)OC(=O)CCCCCCNC(=O)C(CCCCCC)CCCCCCCC. The molecule has 0 aliphatic carbocycles. The highest BCUT2D eigenvalue weighted by Gasteiger charge is 2.21. The summed E-state index contributed by atoms with van der Waals surface area (Å²) in [4.78, 5) is 53.4. The Labute approximate surface area is 382 Å². The zero-order chi connectivity index (χ0) is 45.7. The summed E-state index contributed by atoms with van der Waals surface area (Å²) in [5, 5.41) is 15.8. The van der Waals surface area contributed by atoms with Crippen molar-refractivity contribution in [1.82, 2.24) is 15.5 Å². The lowest BCUT2D eigenvalue weighted by molar-refractivity contribution is -0.160. The Hall–Kier alpha value is -2.20. The van der Waals surface area contributed by atoms with Crippen molar-refractivity contribution in [2.45, 2.75) is 252 Å². The predicted octanol–water partition coefficient (Wildman–Crippen LogP) is 12.2. The van der Waals surface area contributed by atoms with Crippen molar-refractivity contribution in [3.8, 4) is 0 Å². The minimum atomic E-state index is -0.607. The fourth-order valence-electron chi connectivity index (χ4n) is 8.23. The van der Waals surface area contributed by atoms with Gasteiger partial charge in [-0.25, -0.2) is 0 Å². The first-order chi connectivity index (χ1) is 30.2. The second-order valence-electron chi connectivity index (χ2n) is 18.4. The quantitative estimate of drug-likeness (QED) is 0.0406. The van der Waals surface area contributed by atoms with Gasteiger partial charge in [-0.3, -0.25) is 19.2 Å². The van der Waals surface area contributed by atoms with Gasteiger partial charge in [-0.1, -0.05) is 182 Å². The van der Waals surface area contributed by atoms with E-state index in [-0.39, 0.29) is 55.2 Å². The number of nitrogens with zero attached hydrogens (tertiary/aromatic N) is 1. The maximum Gasteiger partial charge on any atom is 0.306 e. The zero-order valence-electron chi connectivity index (χ0n) is 41.4. The molecule has 0 bridgehead atoms. The van der Waals surface area contributed by atoms with E-state index in [2.05, 4.69) is 38.3 Å². The second-order valence-corrected chi connectivity index (χ2v) is 18.4. The van der Waals surface area contributed by atoms with Crippen LogP contribution in [0.5, 0.6) is 0 Å². The number of ether oxygens (including phenoxy) is 2. The van der Waals surface area contributed by atoms with Crippen LogP contribution in [-0.2, 0) is 28.7 Å². The van der Waals surface area contributed by atoms with Gasteiger partial charge in [-0.05, 0) is 58.4 Å². The molecule has 0 fully saturated rings. The van der Waals surface area contributed by atoms with Crippen LogP contribution in [0.2, 0.25) is 0 Å². The molecule has 2 amide bonds. The molecule has 10 heteroatoms. The summed E-state index contributed by atoms with van der Waals surface area (Å²) in [7, 11) is 1.84. The summed E-state index contributed by atoms with van der Waals surface area (Å²) in [6.45, 7) is 11.0. The van der Waals surface area contributed by atoms with E-state index in [1.807, 2.05) is 11.9 Å². The number of amides is 2. The smallest absolute Gasteiger partial charge is 0.306 e. The molecule has 0 radical (unpaired) electrons. The molecule has 0 aromatic rings. The summed E-state index contributed by atoms with van der Waals surface area (Å²) < 4.78 is 11.3. The second kappa shape index (κ2) is 45.4. The van der Waals surface area contributed by atoms with E-state index in [0.717, 1.165) is 89.9 Å². The van der Waals surface area contributed by atoms with Gasteiger partial charge in [0.2, 0.25) is 11.8 Å². The van der Waals surface area contributed by atoms with E-state index in [4.69, 9.17) is 9.47 Å². The topological polar surface area (TPSA) is 134 Å². The zero-order valence-corrected chi connectivity index (χ0v) is 41.4. The monoisotopic (exact) mass is 880 g/mol. The average molecular weight is 880 g/mol. The number of nitrogens with one attached hydrogen (secondary N) is 2. The molecule has 0 saturated heterocycles. The van der Waals surface area contributed by atoms with E-state index in [1.54, 1.807) is 0 Å². The van der Waals surface area contributed by atoms with E-state index in [1.165, 1.54) is 103 Å². The average Bonchev–Trinajstić information content (AvgIpc) is 3.25. The van der Waals surface area contributed by atoms with Gasteiger partial charge in [0, 0.05) is 50.9 Å². The molecule has 0 aromatic heterocycles. The number of likely N-dealkylation sites (N-methyl/N-ethyl adjacent to an activating group) is 1. The summed E-state index contributed by atoms with van der Waals surface area (Å²) in [6, 6.07) is 0. The molecule has 3 unspecified atom stereocenters. The van der Waals surface area contributed by atoms with Crippen LogP contribution in [0.25, 0.3) is 0 Å². The number of rotatable bonds is 47. The maximum absolute atomic E-state index is 13.1. The summed E-state index contributed by atoms with van der Waals surface area (Å²) in [5.74, 6) is 0.0558. The highest BCUT2D eigenvalue weighted by molar-refractivity contribution is 5.79. The molecule has 0 heterocycles. The minimum Gasteiger partial charge on any atom is -0.462 e. The van der Waals surface area contributed by atoms with E-state index < -0.39 is 6.10 Å². The largest absolute Gasteiger partial charge is 0.462 e. The highest BCUT2D eigenvalue weighted by atomic mass is 16.6. The van der Waals surface area contributed by atoms with Crippen LogP contribution in [0, 0.1) is 11.8 Å². The van der Waals surface area contributed by atoms with Gasteiger partial charge < -0.3 is 30.1 Å². The number of esters is 2. The lowest BCUT2D eigenvalue weighted by Crippen LogP contribution is -2.37. The lowest BCUT2D eigenvalue weighted by Gasteiger charge is -2.23. The van der Waals surface area contributed by atoms with Crippen LogP contribution < -0.4 is 10.6 Å². The molecule has 366 valence electrons. The van der Waals surface area contributed by atoms with Crippen LogP contribution in [0.15, 0.2) is 0 Å². The normalized spacial score (nSPS) is 12.9. The third kappa shape index (κ3) is 38.3. The van der Waals surface area contributed by atoms with Crippen LogP contribution in [0.4, 0.5) is 0 Å². The number of unbranched alkanes of at least 4 members (excludes halogenated alkanes) is 22. The third-order valence-corrected chi connectivity index (χ3v) is 12.3. The molecular weight excluding hydrogens is 779 g/mol. The van der Waals surface area contributed by atoms with Gasteiger partial charge in [-0.15, -0.1) is 0 Å². The molecule has 0 aromatic carbocycles. The number of aliphatic hydroxyl groups excluding tert-OH is 1. The predicted molar refractivity (Wildman–Crippen MR) is 258 cm³/mol. The maximum atomic E-state index is 13.1. The third-order valence-electron chi connectivity index (χ3n) is 12.3. The van der Waals surface area contributed by atoms with Gasteiger partial charge in [0.25, 0.3) is 0 Å². The van der Waals surface area contributed by atoms with Crippen LogP contribution in [-0.4, -0.2) is 86.3 Å². The Morgan fingerprint density at radius 2 is 0.839 bits per heavy atom. The number of aliphatic hydroxyl groups is 1. The Kier molecular flexibility index (Phi) is 43.8. The number of hydrogen-bond donors (Lipinski definition) is 3. The van der Waals surface area contributed by atoms with E-state index in [0.29, 0.717) is 45.4 Å². The van der Waals surface area contributed by atoms with Gasteiger partial charge in [-0.2, -0.15) is 0 Å². The van der Waals surface area contributed by atoms with Crippen LogP contribution in [0.1, 0.15) is 246 Å². The van der Waals surface area contributed by atoms with E-state index in [9.17, 15) is 24.3 Å². The fourth-order valence-corrected chi connectivity index (χ4v) is 8.23. The van der Waals surface area contributed by atoms with Gasteiger partial charge in [0.15, 0.2) is 0 Å². The van der Waals surface area contributed by atoms with E-state index >= 15 is 0 Å². The van der Waals surface area contributed by atoms with Crippen molar-refractivity contribution in [2.24, 2.45) is 11.8 Å². The highest BCUT2D eigenvalue weighted by Crippen LogP contribution is 2.21. The lowest BCUT2D eigenvalue weighted by atomic mass is 9.93. The van der Waals surface area contributed by atoms with Gasteiger partial charge in [0.1, 0.15) is 12.7 Å². The Morgan fingerprint density at radius 1 is 0.484 bits per heavy atom. The first kappa shape index (κ1) is 59.8.